The van der Waals surface area contributed by atoms with Crippen LogP contribution in [-0.4, -0.2) is 36.4 Å². The zero-order valence-corrected chi connectivity index (χ0v) is 20.0. The lowest BCUT2D eigenvalue weighted by molar-refractivity contribution is -0.385. The third-order valence-electron chi connectivity index (χ3n) is 5.62. The van der Waals surface area contributed by atoms with E-state index in [0.717, 1.165) is 5.69 Å². The van der Waals surface area contributed by atoms with Gasteiger partial charge >= 0.3 is 5.69 Å². The highest BCUT2D eigenvalue weighted by molar-refractivity contribution is 7.15. The molecule has 0 aliphatic carbocycles. The summed E-state index contributed by atoms with van der Waals surface area (Å²) in [4.78, 5) is 29.1. The van der Waals surface area contributed by atoms with Gasteiger partial charge in [0, 0.05) is 23.4 Å². The molecule has 0 unspecified atom stereocenters. The van der Waals surface area contributed by atoms with E-state index in [9.17, 15) is 14.9 Å². The minimum atomic E-state index is -0.508. The molecular weight excluding hydrogens is 496 g/mol. The number of ether oxygens (including phenoxy) is 1. The fourth-order valence-corrected chi connectivity index (χ4v) is 4.79. The maximum absolute atomic E-state index is 13.1. The van der Waals surface area contributed by atoms with E-state index >= 15 is 0 Å². The largest absolute Gasteiger partial charge is 0.490 e. The monoisotopic (exact) mass is 512 g/mol. The first kappa shape index (κ1) is 22.4. The van der Waals surface area contributed by atoms with Crippen LogP contribution in [0.15, 0.2) is 82.3 Å². The number of furan rings is 1. The molecule has 4 aromatic heterocycles. The number of hydrogen-bond donors (Lipinski definition) is 0. The Morgan fingerprint density at radius 1 is 1.11 bits per heavy atom. The molecule has 11 nitrogen and oxygen atoms in total. The van der Waals surface area contributed by atoms with Crippen molar-refractivity contribution in [1.29, 1.82) is 0 Å². The molecule has 6 aromatic rings. The van der Waals surface area contributed by atoms with Crippen LogP contribution in [0.1, 0.15) is 5.56 Å². The summed E-state index contributed by atoms with van der Waals surface area (Å²) in [6, 6.07) is 17.5. The molecule has 0 aliphatic heterocycles. The van der Waals surface area contributed by atoms with Crippen molar-refractivity contribution in [3.8, 4) is 34.3 Å². The van der Waals surface area contributed by atoms with Crippen molar-refractivity contribution >= 4 is 28.1 Å². The Labute approximate surface area is 211 Å². The molecule has 0 spiro atoms. The van der Waals surface area contributed by atoms with Crippen molar-refractivity contribution in [2.24, 2.45) is 0 Å². The van der Waals surface area contributed by atoms with Crippen molar-refractivity contribution in [3.63, 3.8) is 0 Å². The maximum atomic E-state index is 13.1. The number of methoxy groups -OCH3 is 1. The van der Waals surface area contributed by atoms with Gasteiger partial charge < -0.3 is 9.15 Å². The van der Waals surface area contributed by atoms with Crippen LogP contribution < -0.4 is 14.8 Å². The summed E-state index contributed by atoms with van der Waals surface area (Å²) in [7, 11) is 1.37. The van der Waals surface area contributed by atoms with Crippen LogP contribution in [0.5, 0.6) is 5.75 Å². The Morgan fingerprint density at radius 2 is 1.95 bits per heavy atom. The number of para-hydroxylation sites is 1. The molecular formula is C25H16N6O5S. The van der Waals surface area contributed by atoms with Gasteiger partial charge in [-0.15, -0.1) is 5.10 Å². The molecule has 0 radical (unpaired) electrons. The van der Waals surface area contributed by atoms with E-state index in [-0.39, 0.29) is 17.0 Å². The van der Waals surface area contributed by atoms with E-state index in [1.165, 1.54) is 41.4 Å². The van der Waals surface area contributed by atoms with Gasteiger partial charge in [-0.2, -0.15) is 14.6 Å². The Morgan fingerprint density at radius 3 is 2.65 bits per heavy atom. The topological polar surface area (TPSA) is 131 Å². The first-order valence-corrected chi connectivity index (χ1v) is 11.8. The molecule has 0 fully saturated rings. The predicted octanol–water partition coefficient (Wildman–Crippen LogP) is 3.73. The number of thiazole rings is 1. The SMILES string of the molecule is COc1ccc(-c2nn(-c3ccccc3)cc2C=c2sc3nc(-c4ccco4)nn3c2=O)cc1[N+](=O)[O-]. The molecule has 6 rings (SSSR count). The lowest BCUT2D eigenvalue weighted by Crippen LogP contribution is -2.23. The second-order valence-corrected chi connectivity index (χ2v) is 8.89. The van der Waals surface area contributed by atoms with Crippen molar-refractivity contribution in [3.05, 3.63) is 104 Å². The Balaban J connectivity index is 1.52. The van der Waals surface area contributed by atoms with Crippen LogP contribution in [0.2, 0.25) is 0 Å². The summed E-state index contributed by atoms with van der Waals surface area (Å²) in [6.07, 6.45) is 4.97. The molecule has 0 atom stereocenters. The lowest BCUT2D eigenvalue weighted by Gasteiger charge is -2.04. The minimum Gasteiger partial charge on any atom is -0.490 e. The van der Waals surface area contributed by atoms with Gasteiger partial charge in [0.2, 0.25) is 10.8 Å². The van der Waals surface area contributed by atoms with Crippen LogP contribution >= 0.6 is 11.3 Å². The summed E-state index contributed by atoms with van der Waals surface area (Å²) in [6.45, 7) is 0. The average Bonchev–Trinajstić information content (AvgIpc) is 3.71. The highest BCUT2D eigenvalue weighted by atomic mass is 32.1. The zero-order valence-electron chi connectivity index (χ0n) is 19.1. The number of hydrogen-bond acceptors (Lipinski definition) is 9. The molecule has 12 heteroatoms. The van der Waals surface area contributed by atoms with Crippen molar-refractivity contribution < 1.29 is 14.1 Å². The van der Waals surface area contributed by atoms with Crippen LogP contribution in [0.3, 0.4) is 0 Å². The molecule has 4 heterocycles. The van der Waals surface area contributed by atoms with E-state index < -0.39 is 4.92 Å². The fraction of sp³-hybridized carbons (Fsp3) is 0.0400. The van der Waals surface area contributed by atoms with Gasteiger partial charge in [0.05, 0.1) is 28.5 Å². The van der Waals surface area contributed by atoms with Crippen LogP contribution in [0, 0.1) is 10.1 Å². The van der Waals surface area contributed by atoms with Crippen LogP contribution in [0.4, 0.5) is 5.69 Å². The maximum Gasteiger partial charge on any atom is 0.311 e. The normalized spacial score (nSPS) is 11.9. The van der Waals surface area contributed by atoms with Crippen molar-refractivity contribution in [2.75, 3.05) is 7.11 Å². The first-order chi connectivity index (χ1) is 18.0. The standard InChI is InChI=1S/C25H16N6O5S/c1-35-19-10-9-15(12-18(19)31(33)34)22-16(14-29(27-22)17-6-3-2-4-7-17)13-21-24(32)30-25(37-21)26-23(28-30)20-8-5-11-36-20/h2-14H,1H3. The van der Waals surface area contributed by atoms with Gasteiger partial charge in [-0.25, -0.2) is 4.68 Å². The van der Waals surface area contributed by atoms with Gasteiger partial charge in [-0.3, -0.25) is 14.9 Å². The average molecular weight is 513 g/mol. The smallest absolute Gasteiger partial charge is 0.311 e. The van der Waals surface area contributed by atoms with Gasteiger partial charge in [0.15, 0.2) is 11.5 Å². The number of benzene rings is 2. The minimum absolute atomic E-state index is 0.140. The third-order valence-corrected chi connectivity index (χ3v) is 6.58. The van der Waals surface area contributed by atoms with E-state index in [4.69, 9.17) is 14.3 Å². The van der Waals surface area contributed by atoms with Gasteiger partial charge in [-0.05, 0) is 42.5 Å². The van der Waals surface area contributed by atoms with Crippen molar-refractivity contribution in [1.82, 2.24) is 24.4 Å². The number of nitro groups is 1. The van der Waals surface area contributed by atoms with E-state index in [2.05, 4.69) is 10.1 Å². The molecule has 0 bridgehead atoms. The van der Waals surface area contributed by atoms with E-state index in [1.54, 1.807) is 35.2 Å². The molecule has 182 valence electrons. The van der Waals surface area contributed by atoms with E-state index in [1.807, 2.05) is 30.3 Å². The molecule has 0 saturated heterocycles. The number of nitrogens with zero attached hydrogens (tertiary/aromatic N) is 6. The quantitative estimate of drug-likeness (QED) is 0.244. The summed E-state index contributed by atoms with van der Waals surface area (Å²) < 4.78 is 13.7. The number of fused-ring (bicyclic) bond motifs is 1. The number of aromatic nitrogens is 5. The second kappa shape index (κ2) is 8.84. The van der Waals surface area contributed by atoms with Gasteiger partial charge in [-0.1, -0.05) is 29.5 Å². The van der Waals surface area contributed by atoms with Gasteiger partial charge in [0.25, 0.3) is 5.56 Å². The molecule has 0 N–H and O–H groups in total. The lowest BCUT2D eigenvalue weighted by atomic mass is 10.1. The number of rotatable bonds is 6. The molecule has 0 amide bonds. The fourth-order valence-electron chi connectivity index (χ4n) is 3.90. The second-order valence-electron chi connectivity index (χ2n) is 7.88. The summed E-state index contributed by atoms with van der Waals surface area (Å²) in [5.74, 6) is 0.929. The summed E-state index contributed by atoms with van der Waals surface area (Å²) in [5.41, 5.74) is 1.82. The molecule has 0 aliphatic rings. The highest BCUT2D eigenvalue weighted by Gasteiger charge is 2.20. The molecule has 37 heavy (non-hydrogen) atoms. The Bertz CT molecular complexity index is 1870. The molecule has 0 saturated carbocycles. The van der Waals surface area contributed by atoms with Crippen LogP contribution in [-0.2, 0) is 0 Å². The third kappa shape index (κ3) is 3.94. The zero-order chi connectivity index (χ0) is 25.5. The van der Waals surface area contributed by atoms with Gasteiger partial charge in [0.1, 0.15) is 5.69 Å². The van der Waals surface area contributed by atoms with Crippen molar-refractivity contribution in [2.45, 2.75) is 0 Å². The van der Waals surface area contributed by atoms with E-state index in [0.29, 0.717) is 37.9 Å². The first-order valence-electron chi connectivity index (χ1n) is 10.9. The molecule has 2 aromatic carbocycles. The van der Waals surface area contributed by atoms with Crippen LogP contribution in [0.25, 0.3) is 39.6 Å². The predicted molar refractivity (Wildman–Crippen MR) is 136 cm³/mol. The Kier molecular flexibility index (Phi) is 5.34. The summed E-state index contributed by atoms with van der Waals surface area (Å²) >= 11 is 1.17. The Hall–Kier alpha value is -5.10. The summed E-state index contributed by atoms with van der Waals surface area (Å²) in [5, 5.41) is 20.6. The number of nitro benzene ring substituents is 1. The highest BCUT2D eigenvalue weighted by Crippen LogP contribution is 2.33.